The predicted octanol–water partition coefficient (Wildman–Crippen LogP) is 1.71. The number of phenols is 1. The number of hydrogen-bond acceptors (Lipinski definition) is 5. The van der Waals surface area contributed by atoms with Crippen molar-refractivity contribution in [2.75, 3.05) is 6.54 Å². The predicted molar refractivity (Wildman–Crippen MR) is 102 cm³/mol. The van der Waals surface area contributed by atoms with Gasteiger partial charge in [0.05, 0.1) is 11.7 Å². The van der Waals surface area contributed by atoms with Gasteiger partial charge in [-0.2, -0.15) is 5.10 Å². The van der Waals surface area contributed by atoms with Gasteiger partial charge in [0.1, 0.15) is 11.8 Å². The second-order valence-electron chi connectivity index (χ2n) is 7.99. The molecule has 1 aliphatic heterocycles. The van der Waals surface area contributed by atoms with Gasteiger partial charge in [-0.1, -0.05) is 18.2 Å². The molecule has 7 heteroatoms. The maximum absolute atomic E-state index is 12.6. The van der Waals surface area contributed by atoms with Crippen molar-refractivity contribution in [3.63, 3.8) is 0 Å². The maximum Gasteiger partial charge on any atom is 0.238 e. The molecule has 2 atom stereocenters. The number of benzene rings is 1. The van der Waals surface area contributed by atoms with Crippen molar-refractivity contribution in [3.8, 4) is 5.75 Å². The third-order valence-electron chi connectivity index (χ3n) is 5.72. The van der Waals surface area contributed by atoms with E-state index in [0.29, 0.717) is 13.0 Å². The molecule has 4 rings (SSSR count). The van der Waals surface area contributed by atoms with Crippen LogP contribution in [0.4, 0.5) is 0 Å². The van der Waals surface area contributed by atoms with Gasteiger partial charge in [-0.3, -0.25) is 9.48 Å². The summed E-state index contributed by atoms with van der Waals surface area (Å²) in [6, 6.07) is 8.93. The Balaban J connectivity index is 1.31. The summed E-state index contributed by atoms with van der Waals surface area (Å²) in [7, 11) is 0. The Labute approximate surface area is 159 Å². The lowest BCUT2D eigenvalue weighted by molar-refractivity contribution is -0.123. The number of phenolic OH excluding ortho intramolecular Hbond substituents is 1. The van der Waals surface area contributed by atoms with E-state index in [1.165, 1.54) is 0 Å². The molecule has 1 saturated heterocycles. The number of aromatic hydroxyl groups is 1. The summed E-state index contributed by atoms with van der Waals surface area (Å²) in [5, 5.41) is 17.7. The molecule has 2 aromatic rings. The zero-order valence-corrected chi connectivity index (χ0v) is 15.8. The lowest BCUT2D eigenvalue weighted by Crippen LogP contribution is -2.45. The number of carbonyl (C=O) groups is 1. The number of hydrogen-bond donors (Lipinski definition) is 4. The summed E-state index contributed by atoms with van der Waals surface area (Å²) in [5.74, 6) is 0.250. The van der Waals surface area contributed by atoms with Crippen molar-refractivity contribution in [2.24, 2.45) is 5.41 Å². The van der Waals surface area contributed by atoms with Crippen molar-refractivity contribution in [1.29, 1.82) is 0 Å². The first-order chi connectivity index (χ1) is 13.0. The van der Waals surface area contributed by atoms with Gasteiger partial charge < -0.3 is 10.4 Å². The molecule has 2 fully saturated rings. The monoisotopic (exact) mass is 369 g/mol. The van der Waals surface area contributed by atoms with Gasteiger partial charge in [-0.15, -0.1) is 0 Å². The zero-order valence-electron chi connectivity index (χ0n) is 15.8. The highest BCUT2D eigenvalue weighted by Crippen LogP contribution is 2.46. The molecule has 2 unspecified atom stereocenters. The van der Waals surface area contributed by atoms with Crippen LogP contribution in [-0.2, 0) is 11.3 Å². The lowest BCUT2D eigenvalue weighted by Gasteiger charge is -2.19. The lowest BCUT2D eigenvalue weighted by atomic mass is 10.0. The van der Waals surface area contributed by atoms with Crippen LogP contribution < -0.4 is 16.2 Å². The van der Waals surface area contributed by atoms with E-state index < -0.39 is 0 Å². The van der Waals surface area contributed by atoms with Crippen LogP contribution in [0, 0.1) is 19.3 Å². The quantitative estimate of drug-likeness (QED) is 0.622. The molecule has 1 aromatic heterocycles. The van der Waals surface area contributed by atoms with E-state index in [9.17, 15) is 9.90 Å². The van der Waals surface area contributed by atoms with Crippen LogP contribution in [-0.4, -0.2) is 33.4 Å². The summed E-state index contributed by atoms with van der Waals surface area (Å²) in [6.07, 6.45) is 2.83. The molecule has 1 aromatic carbocycles. The van der Waals surface area contributed by atoms with Gasteiger partial charge in [0, 0.05) is 29.8 Å². The Bertz CT molecular complexity index is 843. The molecule has 1 saturated carbocycles. The molecule has 144 valence electrons. The topological polar surface area (TPSA) is 91.2 Å². The van der Waals surface area contributed by atoms with E-state index >= 15 is 0 Å². The zero-order chi connectivity index (χ0) is 19.0. The molecule has 7 nitrogen and oxygen atoms in total. The van der Waals surface area contributed by atoms with Gasteiger partial charge in [0.2, 0.25) is 5.91 Å². The van der Waals surface area contributed by atoms with Crippen molar-refractivity contribution in [2.45, 2.75) is 51.7 Å². The van der Waals surface area contributed by atoms with Crippen LogP contribution in [0.3, 0.4) is 0 Å². The standard InChI is InChI=1S/C20H27N5O2/c1-13-9-14(2)25(24-13)12-20(7-8-20)11-21-19(27)17-10-16(22-23-17)15-5-3-4-6-18(15)26/h3-6,9,16-17,22-23,26H,7-8,10-12H2,1-2H3,(H,21,27). The first-order valence-corrected chi connectivity index (χ1v) is 9.53. The molecule has 2 aliphatic rings. The molecule has 27 heavy (non-hydrogen) atoms. The van der Waals surface area contributed by atoms with Gasteiger partial charge in [-0.25, -0.2) is 10.9 Å². The van der Waals surface area contributed by atoms with Crippen molar-refractivity contribution < 1.29 is 9.90 Å². The van der Waals surface area contributed by atoms with E-state index in [2.05, 4.69) is 38.9 Å². The summed E-state index contributed by atoms with van der Waals surface area (Å²) >= 11 is 0. The van der Waals surface area contributed by atoms with Crippen molar-refractivity contribution in [3.05, 3.63) is 47.3 Å². The number of aryl methyl sites for hydroxylation is 2. The van der Waals surface area contributed by atoms with Gasteiger partial charge in [0.25, 0.3) is 0 Å². The van der Waals surface area contributed by atoms with Crippen LogP contribution in [0.2, 0.25) is 0 Å². The summed E-state index contributed by atoms with van der Waals surface area (Å²) in [4.78, 5) is 12.6. The number of aromatic nitrogens is 2. The minimum absolute atomic E-state index is 0.0000590. The fourth-order valence-corrected chi connectivity index (χ4v) is 3.83. The minimum Gasteiger partial charge on any atom is -0.508 e. The van der Waals surface area contributed by atoms with E-state index in [0.717, 1.165) is 36.3 Å². The third-order valence-corrected chi connectivity index (χ3v) is 5.72. The number of nitrogens with one attached hydrogen (secondary N) is 3. The molecular formula is C20H27N5O2. The van der Waals surface area contributed by atoms with Crippen LogP contribution >= 0.6 is 0 Å². The number of rotatable bonds is 6. The molecule has 4 N–H and O–H groups in total. The third kappa shape index (κ3) is 3.84. The van der Waals surface area contributed by atoms with Crippen LogP contribution in [0.5, 0.6) is 5.75 Å². The number of hydrazine groups is 1. The molecule has 0 spiro atoms. The number of amides is 1. The van der Waals surface area contributed by atoms with Gasteiger partial charge in [-0.05, 0) is 45.2 Å². The van der Waals surface area contributed by atoms with Crippen LogP contribution in [0.15, 0.2) is 30.3 Å². The Morgan fingerprint density at radius 2 is 2.11 bits per heavy atom. The Kier molecular flexibility index (Phi) is 4.65. The fourth-order valence-electron chi connectivity index (χ4n) is 3.83. The van der Waals surface area contributed by atoms with Gasteiger partial charge in [0.15, 0.2) is 0 Å². The minimum atomic E-state index is -0.306. The highest BCUT2D eigenvalue weighted by atomic mass is 16.3. The summed E-state index contributed by atoms with van der Waals surface area (Å²) < 4.78 is 2.05. The molecule has 2 heterocycles. The van der Waals surface area contributed by atoms with E-state index in [4.69, 9.17) is 0 Å². The Morgan fingerprint density at radius 3 is 2.78 bits per heavy atom. The van der Waals surface area contributed by atoms with E-state index in [1.807, 2.05) is 19.1 Å². The molecule has 0 radical (unpaired) electrons. The first-order valence-electron chi connectivity index (χ1n) is 9.53. The Morgan fingerprint density at radius 1 is 1.33 bits per heavy atom. The van der Waals surface area contributed by atoms with E-state index in [1.54, 1.807) is 12.1 Å². The number of para-hydroxylation sites is 1. The molecule has 0 bridgehead atoms. The second kappa shape index (κ2) is 6.98. The highest BCUT2D eigenvalue weighted by Gasteiger charge is 2.44. The van der Waals surface area contributed by atoms with Crippen LogP contribution in [0.25, 0.3) is 0 Å². The summed E-state index contributed by atoms with van der Waals surface area (Å²) in [5.41, 5.74) is 9.31. The second-order valence-corrected chi connectivity index (χ2v) is 7.99. The number of nitrogens with zero attached hydrogens (tertiary/aromatic N) is 2. The molecular weight excluding hydrogens is 342 g/mol. The van der Waals surface area contributed by atoms with Crippen molar-refractivity contribution >= 4 is 5.91 Å². The van der Waals surface area contributed by atoms with Crippen molar-refractivity contribution in [1.82, 2.24) is 25.9 Å². The average Bonchev–Trinajstić information content (AvgIpc) is 3.08. The molecule has 1 aliphatic carbocycles. The van der Waals surface area contributed by atoms with Crippen LogP contribution in [0.1, 0.15) is 42.3 Å². The fraction of sp³-hybridized carbons (Fsp3) is 0.500. The SMILES string of the molecule is Cc1cc(C)n(CC2(CNC(=O)C3CC(c4ccccc4O)NN3)CC2)n1. The van der Waals surface area contributed by atoms with Gasteiger partial charge >= 0.3 is 0 Å². The molecule has 1 amide bonds. The first kappa shape index (κ1) is 18.0. The number of carbonyl (C=O) groups excluding carboxylic acids is 1. The highest BCUT2D eigenvalue weighted by molar-refractivity contribution is 5.82. The summed E-state index contributed by atoms with van der Waals surface area (Å²) in [6.45, 7) is 5.60. The Hall–Kier alpha value is -2.38. The maximum atomic E-state index is 12.6. The van der Waals surface area contributed by atoms with E-state index in [-0.39, 0.29) is 29.2 Å². The average molecular weight is 369 g/mol. The normalized spacial score (nSPS) is 23.3. The largest absolute Gasteiger partial charge is 0.508 e. The smallest absolute Gasteiger partial charge is 0.238 e.